The van der Waals surface area contributed by atoms with Crippen molar-refractivity contribution in [2.24, 2.45) is 5.92 Å². The number of unbranched alkanes of at least 4 members (excludes halogenated alkanes) is 2. The standard InChI is InChI=1S/C19H27NO2/c1-2-3-5-10-18(21)15-11-13-17(14-12-15)20-19(22)16-8-6-4-7-9-16/h11-14,16H,2-10H2,1H3,(H,20,22). The lowest BCUT2D eigenvalue weighted by Gasteiger charge is -2.20. The maximum absolute atomic E-state index is 12.2. The average Bonchev–Trinajstić information content (AvgIpc) is 2.56. The zero-order valence-electron chi connectivity index (χ0n) is 13.6. The van der Waals surface area contributed by atoms with E-state index in [9.17, 15) is 9.59 Å². The van der Waals surface area contributed by atoms with Crippen molar-refractivity contribution < 1.29 is 9.59 Å². The molecule has 3 nitrogen and oxygen atoms in total. The number of hydrogen-bond donors (Lipinski definition) is 1. The maximum Gasteiger partial charge on any atom is 0.227 e. The van der Waals surface area contributed by atoms with Crippen molar-refractivity contribution in [3.05, 3.63) is 29.8 Å². The first-order valence-corrected chi connectivity index (χ1v) is 8.65. The van der Waals surface area contributed by atoms with Crippen LogP contribution in [0.2, 0.25) is 0 Å². The monoisotopic (exact) mass is 301 g/mol. The molecule has 1 amide bonds. The zero-order chi connectivity index (χ0) is 15.8. The van der Waals surface area contributed by atoms with Crippen molar-refractivity contribution in [2.45, 2.75) is 64.7 Å². The summed E-state index contributed by atoms with van der Waals surface area (Å²) in [6, 6.07) is 7.33. The highest BCUT2D eigenvalue weighted by Gasteiger charge is 2.21. The summed E-state index contributed by atoms with van der Waals surface area (Å²) in [6.45, 7) is 2.13. The summed E-state index contributed by atoms with van der Waals surface area (Å²) in [6.07, 6.45) is 9.35. The predicted molar refractivity (Wildman–Crippen MR) is 90.1 cm³/mol. The Labute approximate surface area is 133 Å². The van der Waals surface area contributed by atoms with Crippen LogP contribution in [-0.2, 0) is 4.79 Å². The summed E-state index contributed by atoms with van der Waals surface area (Å²) < 4.78 is 0. The molecule has 0 aliphatic heterocycles. The zero-order valence-corrected chi connectivity index (χ0v) is 13.6. The molecule has 0 bridgehead atoms. The number of carbonyl (C=O) groups excluding carboxylic acids is 2. The lowest BCUT2D eigenvalue weighted by atomic mass is 9.88. The summed E-state index contributed by atoms with van der Waals surface area (Å²) in [7, 11) is 0. The summed E-state index contributed by atoms with van der Waals surface area (Å²) in [5.74, 6) is 0.476. The van der Waals surface area contributed by atoms with E-state index in [0.717, 1.165) is 56.2 Å². The van der Waals surface area contributed by atoms with Crippen LogP contribution in [0.3, 0.4) is 0 Å². The molecule has 0 atom stereocenters. The number of anilines is 1. The number of hydrogen-bond acceptors (Lipinski definition) is 2. The van der Waals surface area contributed by atoms with Crippen molar-refractivity contribution in [3.63, 3.8) is 0 Å². The van der Waals surface area contributed by atoms with Crippen LogP contribution in [0.5, 0.6) is 0 Å². The van der Waals surface area contributed by atoms with E-state index >= 15 is 0 Å². The van der Waals surface area contributed by atoms with Gasteiger partial charge >= 0.3 is 0 Å². The quantitative estimate of drug-likeness (QED) is 0.571. The van der Waals surface area contributed by atoms with Gasteiger partial charge in [0.1, 0.15) is 0 Å². The molecule has 1 saturated carbocycles. The van der Waals surface area contributed by atoms with Gasteiger partial charge in [0.15, 0.2) is 5.78 Å². The van der Waals surface area contributed by atoms with Gasteiger partial charge < -0.3 is 5.32 Å². The van der Waals surface area contributed by atoms with Gasteiger partial charge in [0.25, 0.3) is 0 Å². The predicted octanol–water partition coefficient (Wildman–Crippen LogP) is 4.97. The Morgan fingerprint density at radius 2 is 1.73 bits per heavy atom. The minimum atomic E-state index is 0.127. The Balaban J connectivity index is 1.85. The van der Waals surface area contributed by atoms with E-state index in [1.165, 1.54) is 6.42 Å². The first kappa shape index (κ1) is 16.7. The molecule has 120 valence electrons. The third kappa shape index (κ3) is 4.97. The Bertz CT molecular complexity index is 487. The van der Waals surface area contributed by atoms with Gasteiger partial charge in [0.2, 0.25) is 5.91 Å². The van der Waals surface area contributed by atoms with Crippen molar-refractivity contribution in [1.29, 1.82) is 0 Å². The lowest BCUT2D eigenvalue weighted by Crippen LogP contribution is -2.24. The van der Waals surface area contributed by atoms with Gasteiger partial charge in [0.05, 0.1) is 0 Å². The van der Waals surface area contributed by atoms with Crippen molar-refractivity contribution in [2.75, 3.05) is 5.32 Å². The molecule has 1 aromatic rings. The van der Waals surface area contributed by atoms with Gasteiger partial charge in [-0.1, -0.05) is 39.0 Å². The Morgan fingerprint density at radius 3 is 2.36 bits per heavy atom. The van der Waals surface area contributed by atoms with Gasteiger partial charge in [-0.25, -0.2) is 0 Å². The van der Waals surface area contributed by atoms with E-state index in [1.807, 2.05) is 24.3 Å². The highest BCUT2D eigenvalue weighted by atomic mass is 16.2. The van der Waals surface area contributed by atoms with Crippen LogP contribution in [0.4, 0.5) is 5.69 Å². The number of nitrogens with one attached hydrogen (secondary N) is 1. The van der Waals surface area contributed by atoms with Gasteiger partial charge in [-0.05, 0) is 43.5 Å². The number of carbonyl (C=O) groups is 2. The molecule has 1 aliphatic carbocycles. The van der Waals surface area contributed by atoms with Crippen molar-refractivity contribution >= 4 is 17.4 Å². The van der Waals surface area contributed by atoms with Crippen LogP contribution >= 0.6 is 0 Å². The highest BCUT2D eigenvalue weighted by Crippen LogP contribution is 2.25. The maximum atomic E-state index is 12.2. The highest BCUT2D eigenvalue weighted by molar-refractivity contribution is 5.97. The van der Waals surface area contributed by atoms with Crippen LogP contribution in [0.1, 0.15) is 75.1 Å². The topological polar surface area (TPSA) is 46.2 Å². The Morgan fingerprint density at radius 1 is 1.05 bits per heavy atom. The fourth-order valence-electron chi connectivity index (χ4n) is 3.03. The largest absolute Gasteiger partial charge is 0.326 e. The van der Waals surface area contributed by atoms with Gasteiger partial charge in [-0.2, -0.15) is 0 Å². The minimum Gasteiger partial charge on any atom is -0.326 e. The first-order chi connectivity index (χ1) is 10.7. The fraction of sp³-hybridized carbons (Fsp3) is 0.579. The fourth-order valence-corrected chi connectivity index (χ4v) is 3.03. The van der Waals surface area contributed by atoms with E-state index in [-0.39, 0.29) is 17.6 Å². The number of ketones is 1. The summed E-state index contributed by atoms with van der Waals surface area (Å²) >= 11 is 0. The normalized spacial score (nSPS) is 15.5. The van der Waals surface area contributed by atoms with Crippen molar-refractivity contribution in [1.82, 2.24) is 0 Å². The molecule has 1 aromatic carbocycles. The number of Topliss-reactive ketones (excluding diaryl/α,β-unsaturated/α-hetero) is 1. The molecule has 1 aliphatic rings. The first-order valence-electron chi connectivity index (χ1n) is 8.65. The number of benzene rings is 1. The van der Waals surface area contributed by atoms with Crippen LogP contribution in [-0.4, -0.2) is 11.7 Å². The summed E-state index contributed by atoms with van der Waals surface area (Å²) in [5.41, 5.74) is 1.53. The summed E-state index contributed by atoms with van der Waals surface area (Å²) in [4.78, 5) is 24.2. The van der Waals surface area contributed by atoms with E-state index < -0.39 is 0 Å². The average molecular weight is 301 g/mol. The molecule has 0 unspecified atom stereocenters. The molecule has 0 saturated heterocycles. The number of amides is 1. The molecule has 0 heterocycles. The Kier molecular flexibility index (Phi) is 6.63. The van der Waals surface area contributed by atoms with Gasteiger partial charge in [-0.3, -0.25) is 9.59 Å². The molecular weight excluding hydrogens is 274 g/mol. The molecule has 0 aromatic heterocycles. The molecule has 3 heteroatoms. The van der Waals surface area contributed by atoms with Crippen molar-refractivity contribution in [3.8, 4) is 0 Å². The van der Waals surface area contributed by atoms with Crippen LogP contribution in [0, 0.1) is 5.92 Å². The molecule has 0 spiro atoms. The second kappa shape index (κ2) is 8.72. The van der Waals surface area contributed by atoms with Gasteiger partial charge in [0, 0.05) is 23.6 Å². The van der Waals surface area contributed by atoms with E-state index in [2.05, 4.69) is 12.2 Å². The summed E-state index contributed by atoms with van der Waals surface area (Å²) in [5, 5.41) is 2.98. The molecule has 22 heavy (non-hydrogen) atoms. The van der Waals surface area contributed by atoms with E-state index in [0.29, 0.717) is 6.42 Å². The Hall–Kier alpha value is -1.64. The van der Waals surface area contributed by atoms with Crippen LogP contribution < -0.4 is 5.32 Å². The molecular formula is C19H27NO2. The van der Waals surface area contributed by atoms with E-state index in [4.69, 9.17) is 0 Å². The third-order valence-electron chi connectivity index (χ3n) is 4.46. The van der Waals surface area contributed by atoms with Crippen LogP contribution in [0.15, 0.2) is 24.3 Å². The lowest BCUT2D eigenvalue weighted by molar-refractivity contribution is -0.120. The SMILES string of the molecule is CCCCCC(=O)c1ccc(NC(=O)C2CCCCC2)cc1. The molecule has 0 radical (unpaired) electrons. The smallest absolute Gasteiger partial charge is 0.227 e. The minimum absolute atomic E-state index is 0.127. The second-order valence-electron chi connectivity index (χ2n) is 6.28. The third-order valence-corrected chi connectivity index (χ3v) is 4.46. The number of rotatable bonds is 7. The molecule has 1 fully saturated rings. The van der Waals surface area contributed by atoms with E-state index in [1.54, 1.807) is 0 Å². The van der Waals surface area contributed by atoms with Gasteiger partial charge in [-0.15, -0.1) is 0 Å². The van der Waals surface area contributed by atoms with Crippen LogP contribution in [0.25, 0.3) is 0 Å². The second-order valence-corrected chi connectivity index (χ2v) is 6.28. The molecule has 2 rings (SSSR count). The molecule has 1 N–H and O–H groups in total.